The van der Waals surface area contributed by atoms with E-state index in [1.54, 1.807) is 6.07 Å². The van der Waals surface area contributed by atoms with E-state index >= 15 is 0 Å². The van der Waals surface area contributed by atoms with Crippen LogP contribution in [0, 0.1) is 12.7 Å². The molecule has 106 valence electrons. The highest BCUT2D eigenvalue weighted by Gasteiger charge is 2.02. The fourth-order valence-electron chi connectivity index (χ4n) is 1.81. The van der Waals surface area contributed by atoms with Gasteiger partial charge in [-0.15, -0.1) is 0 Å². The number of rotatable bonds is 6. The molecule has 1 aromatic heterocycles. The lowest BCUT2D eigenvalue weighted by atomic mass is 10.2. The highest BCUT2D eigenvalue weighted by atomic mass is 19.1. The van der Waals surface area contributed by atoms with Crippen LogP contribution in [0.3, 0.4) is 0 Å². The number of benzene rings is 1. The van der Waals surface area contributed by atoms with Crippen LogP contribution in [-0.4, -0.2) is 16.5 Å². The molecule has 0 saturated heterocycles. The average molecular weight is 274 g/mol. The molecule has 0 unspecified atom stereocenters. The minimum absolute atomic E-state index is 0.228. The van der Waals surface area contributed by atoms with E-state index in [1.807, 2.05) is 19.1 Å². The molecular weight excluding hydrogens is 255 g/mol. The molecule has 1 aromatic carbocycles. The van der Waals surface area contributed by atoms with Crippen LogP contribution in [0.15, 0.2) is 30.3 Å². The SMILES string of the molecule is CCCNc1nc(C)cc(NCc2cccc(F)c2)n1. The lowest BCUT2D eigenvalue weighted by Gasteiger charge is -2.09. The number of nitrogens with one attached hydrogen (secondary N) is 2. The third kappa shape index (κ3) is 4.19. The Kier molecular flexibility index (Phi) is 4.87. The highest BCUT2D eigenvalue weighted by Crippen LogP contribution is 2.12. The number of aryl methyl sites for hydroxylation is 1. The molecule has 2 aromatic rings. The zero-order valence-corrected chi connectivity index (χ0v) is 11.8. The van der Waals surface area contributed by atoms with Crippen molar-refractivity contribution >= 4 is 11.8 Å². The van der Waals surface area contributed by atoms with Gasteiger partial charge in [-0.1, -0.05) is 19.1 Å². The van der Waals surface area contributed by atoms with Gasteiger partial charge in [-0.05, 0) is 31.0 Å². The van der Waals surface area contributed by atoms with Gasteiger partial charge in [-0.2, -0.15) is 4.98 Å². The van der Waals surface area contributed by atoms with Crippen molar-refractivity contribution in [3.05, 3.63) is 47.4 Å². The second-order valence-electron chi connectivity index (χ2n) is 4.63. The molecule has 0 saturated carbocycles. The number of nitrogens with zero attached hydrogens (tertiary/aromatic N) is 2. The molecule has 2 rings (SSSR count). The largest absolute Gasteiger partial charge is 0.366 e. The van der Waals surface area contributed by atoms with Crippen LogP contribution in [0.4, 0.5) is 16.2 Å². The molecule has 2 N–H and O–H groups in total. The second-order valence-corrected chi connectivity index (χ2v) is 4.63. The summed E-state index contributed by atoms with van der Waals surface area (Å²) in [6.07, 6.45) is 1.02. The summed E-state index contributed by atoms with van der Waals surface area (Å²) in [7, 11) is 0. The second kappa shape index (κ2) is 6.84. The monoisotopic (exact) mass is 274 g/mol. The van der Waals surface area contributed by atoms with Gasteiger partial charge in [0.1, 0.15) is 11.6 Å². The Morgan fingerprint density at radius 2 is 2.00 bits per heavy atom. The molecular formula is C15H19FN4. The maximum Gasteiger partial charge on any atom is 0.224 e. The van der Waals surface area contributed by atoms with Crippen molar-refractivity contribution in [3.63, 3.8) is 0 Å². The minimum atomic E-state index is -0.228. The van der Waals surface area contributed by atoms with Gasteiger partial charge in [0.05, 0.1) is 0 Å². The normalized spacial score (nSPS) is 10.3. The van der Waals surface area contributed by atoms with Crippen LogP contribution in [0.2, 0.25) is 0 Å². The van der Waals surface area contributed by atoms with Crippen molar-refractivity contribution in [3.8, 4) is 0 Å². The van der Waals surface area contributed by atoms with Crippen LogP contribution in [-0.2, 0) is 6.54 Å². The van der Waals surface area contributed by atoms with Gasteiger partial charge < -0.3 is 10.6 Å². The highest BCUT2D eigenvalue weighted by molar-refractivity contribution is 5.42. The molecule has 1 heterocycles. The van der Waals surface area contributed by atoms with Gasteiger partial charge in [0.25, 0.3) is 0 Å². The van der Waals surface area contributed by atoms with E-state index in [-0.39, 0.29) is 5.82 Å². The van der Waals surface area contributed by atoms with Crippen LogP contribution in [0.5, 0.6) is 0 Å². The summed E-state index contributed by atoms with van der Waals surface area (Å²) in [5.41, 5.74) is 1.77. The summed E-state index contributed by atoms with van der Waals surface area (Å²) in [6, 6.07) is 8.39. The summed E-state index contributed by atoms with van der Waals surface area (Å²) >= 11 is 0. The Morgan fingerprint density at radius 1 is 1.15 bits per heavy atom. The summed E-state index contributed by atoms with van der Waals surface area (Å²) in [4.78, 5) is 8.70. The first kappa shape index (κ1) is 14.2. The molecule has 4 nitrogen and oxygen atoms in total. The topological polar surface area (TPSA) is 49.8 Å². The maximum absolute atomic E-state index is 13.1. The average Bonchev–Trinajstić information content (AvgIpc) is 2.42. The predicted octanol–water partition coefficient (Wildman–Crippen LogP) is 3.36. The van der Waals surface area contributed by atoms with E-state index in [2.05, 4.69) is 27.5 Å². The van der Waals surface area contributed by atoms with Crippen molar-refractivity contribution < 1.29 is 4.39 Å². The number of halogens is 1. The van der Waals surface area contributed by atoms with Crippen LogP contribution in [0.1, 0.15) is 24.6 Å². The molecule has 0 radical (unpaired) electrons. The van der Waals surface area contributed by atoms with E-state index < -0.39 is 0 Å². The first-order valence-electron chi connectivity index (χ1n) is 6.75. The van der Waals surface area contributed by atoms with E-state index in [4.69, 9.17) is 0 Å². The fraction of sp³-hybridized carbons (Fsp3) is 0.333. The Hall–Kier alpha value is -2.17. The van der Waals surface area contributed by atoms with Gasteiger partial charge in [0, 0.05) is 24.8 Å². The van der Waals surface area contributed by atoms with Gasteiger partial charge in [-0.3, -0.25) is 0 Å². The summed E-state index contributed by atoms with van der Waals surface area (Å²) in [5.74, 6) is 1.13. The van der Waals surface area contributed by atoms with E-state index in [1.165, 1.54) is 12.1 Å². The van der Waals surface area contributed by atoms with Crippen LogP contribution < -0.4 is 10.6 Å². The van der Waals surface area contributed by atoms with Crippen molar-refractivity contribution in [1.82, 2.24) is 9.97 Å². The minimum Gasteiger partial charge on any atom is -0.366 e. The van der Waals surface area contributed by atoms with Crippen molar-refractivity contribution in [1.29, 1.82) is 0 Å². The van der Waals surface area contributed by atoms with E-state index in [0.29, 0.717) is 12.5 Å². The number of hydrogen-bond acceptors (Lipinski definition) is 4. The molecule has 20 heavy (non-hydrogen) atoms. The number of anilines is 2. The van der Waals surface area contributed by atoms with E-state index in [9.17, 15) is 4.39 Å². The Morgan fingerprint density at radius 3 is 2.75 bits per heavy atom. The fourth-order valence-corrected chi connectivity index (χ4v) is 1.81. The van der Waals surface area contributed by atoms with Crippen molar-refractivity contribution in [2.45, 2.75) is 26.8 Å². The lowest BCUT2D eigenvalue weighted by molar-refractivity contribution is 0.626. The molecule has 5 heteroatoms. The zero-order valence-electron chi connectivity index (χ0n) is 11.8. The number of hydrogen-bond donors (Lipinski definition) is 2. The number of aromatic nitrogens is 2. The Balaban J connectivity index is 2.03. The molecule has 0 spiro atoms. The Labute approximate surface area is 118 Å². The lowest BCUT2D eigenvalue weighted by Crippen LogP contribution is -2.08. The predicted molar refractivity (Wildman–Crippen MR) is 79.3 cm³/mol. The molecule has 0 bridgehead atoms. The molecule has 0 aliphatic rings. The molecule has 0 aliphatic heterocycles. The molecule has 0 atom stereocenters. The van der Waals surface area contributed by atoms with Crippen LogP contribution in [0.25, 0.3) is 0 Å². The first-order valence-corrected chi connectivity index (χ1v) is 6.75. The summed E-state index contributed by atoms with van der Waals surface area (Å²) in [5, 5.41) is 6.35. The van der Waals surface area contributed by atoms with Gasteiger partial charge in [0.15, 0.2) is 0 Å². The molecule has 0 amide bonds. The molecule has 0 aliphatic carbocycles. The van der Waals surface area contributed by atoms with Gasteiger partial charge in [0.2, 0.25) is 5.95 Å². The Bertz CT molecular complexity index is 572. The van der Waals surface area contributed by atoms with Crippen molar-refractivity contribution in [2.24, 2.45) is 0 Å². The van der Waals surface area contributed by atoms with E-state index in [0.717, 1.165) is 30.0 Å². The smallest absolute Gasteiger partial charge is 0.224 e. The zero-order chi connectivity index (χ0) is 14.4. The summed E-state index contributed by atoms with van der Waals surface area (Å²) in [6.45, 7) is 5.38. The van der Waals surface area contributed by atoms with Crippen LogP contribution >= 0.6 is 0 Å². The standard InChI is InChI=1S/C15H19FN4/c1-3-7-17-15-19-11(2)8-14(20-15)18-10-12-5-4-6-13(16)9-12/h4-6,8-9H,3,7,10H2,1-2H3,(H2,17,18,19,20). The van der Waals surface area contributed by atoms with Gasteiger partial charge >= 0.3 is 0 Å². The third-order valence-corrected chi connectivity index (χ3v) is 2.75. The third-order valence-electron chi connectivity index (χ3n) is 2.75. The quantitative estimate of drug-likeness (QED) is 0.848. The van der Waals surface area contributed by atoms with Gasteiger partial charge in [-0.25, -0.2) is 9.37 Å². The molecule has 0 fully saturated rings. The first-order chi connectivity index (χ1) is 9.67. The van der Waals surface area contributed by atoms with Crippen molar-refractivity contribution in [2.75, 3.05) is 17.2 Å². The maximum atomic E-state index is 13.1. The summed E-state index contributed by atoms with van der Waals surface area (Å²) < 4.78 is 13.1.